The first-order valence-corrected chi connectivity index (χ1v) is 6.41. The average molecular weight is 274 g/mol. The number of nitro groups is 1. The number of benzene rings is 1. The molecule has 1 unspecified atom stereocenters. The second-order valence-electron chi connectivity index (χ2n) is 5.03. The van der Waals surface area contributed by atoms with Crippen LogP contribution in [0.2, 0.25) is 0 Å². The highest BCUT2D eigenvalue weighted by Crippen LogP contribution is 2.39. The number of rotatable bonds is 4. The Morgan fingerprint density at radius 2 is 2.25 bits per heavy atom. The van der Waals surface area contributed by atoms with Crippen LogP contribution in [0.5, 0.6) is 0 Å². The van der Waals surface area contributed by atoms with Crippen molar-refractivity contribution in [1.82, 2.24) is 10.1 Å². The summed E-state index contributed by atoms with van der Waals surface area (Å²) in [5.74, 6) is 1.16. The lowest BCUT2D eigenvalue weighted by atomic mass is 10.1. The van der Waals surface area contributed by atoms with Gasteiger partial charge in [0.15, 0.2) is 5.82 Å². The molecular formula is C13H14N4O3. The summed E-state index contributed by atoms with van der Waals surface area (Å²) in [5, 5.41) is 14.8. The van der Waals surface area contributed by atoms with E-state index in [0.29, 0.717) is 22.9 Å². The average Bonchev–Trinajstić information content (AvgIpc) is 3.16. The Morgan fingerprint density at radius 3 is 2.90 bits per heavy atom. The van der Waals surface area contributed by atoms with Gasteiger partial charge in [-0.3, -0.25) is 10.1 Å². The standard InChI is InChI=1S/C13H14N4O3/c1-7-9(3-2-4-10(7)17(18)19)13-15-12(16-20-13)11(14)8-5-6-8/h2-4,8,11H,5-6,14H2,1H3. The van der Waals surface area contributed by atoms with Gasteiger partial charge in [0.05, 0.1) is 11.0 Å². The molecule has 20 heavy (non-hydrogen) atoms. The number of hydrogen-bond acceptors (Lipinski definition) is 6. The van der Waals surface area contributed by atoms with Crippen LogP contribution in [0.15, 0.2) is 22.7 Å². The summed E-state index contributed by atoms with van der Waals surface area (Å²) < 4.78 is 5.20. The minimum Gasteiger partial charge on any atom is -0.334 e. The molecule has 0 spiro atoms. The zero-order valence-corrected chi connectivity index (χ0v) is 10.9. The van der Waals surface area contributed by atoms with Gasteiger partial charge >= 0.3 is 0 Å². The van der Waals surface area contributed by atoms with Gasteiger partial charge in [0, 0.05) is 17.2 Å². The smallest absolute Gasteiger partial charge is 0.273 e. The molecule has 7 nitrogen and oxygen atoms in total. The second kappa shape index (κ2) is 4.68. The summed E-state index contributed by atoms with van der Waals surface area (Å²) in [6, 6.07) is 4.56. The monoisotopic (exact) mass is 274 g/mol. The Bertz CT molecular complexity index is 663. The molecule has 0 saturated heterocycles. The lowest BCUT2D eigenvalue weighted by molar-refractivity contribution is -0.385. The Balaban J connectivity index is 1.97. The Kier molecular flexibility index (Phi) is 2.98. The maximum Gasteiger partial charge on any atom is 0.273 e. The predicted octanol–water partition coefficient (Wildman–Crippen LogP) is 2.36. The van der Waals surface area contributed by atoms with Crippen LogP contribution in [0.3, 0.4) is 0 Å². The summed E-state index contributed by atoms with van der Waals surface area (Å²) in [6.45, 7) is 1.66. The van der Waals surface area contributed by atoms with E-state index in [-0.39, 0.29) is 17.6 Å². The molecule has 1 saturated carbocycles. The minimum absolute atomic E-state index is 0.0359. The highest BCUT2D eigenvalue weighted by molar-refractivity contribution is 5.64. The van der Waals surface area contributed by atoms with Crippen LogP contribution in [0.4, 0.5) is 5.69 Å². The maximum absolute atomic E-state index is 10.9. The zero-order valence-electron chi connectivity index (χ0n) is 10.9. The van der Waals surface area contributed by atoms with Crippen molar-refractivity contribution in [2.24, 2.45) is 11.7 Å². The lowest BCUT2D eigenvalue weighted by Gasteiger charge is -2.02. The van der Waals surface area contributed by atoms with E-state index in [1.54, 1.807) is 19.1 Å². The topological polar surface area (TPSA) is 108 Å². The first kappa shape index (κ1) is 12.7. The maximum atomic E-state index is 10.9. The van der Waals surface area contributed by atoms with Crippen molar-refractivity contribution in [3.63, 3.8) is 0 Å². The normalized spacial score (nSPS) is 16.1. The fourth-order valence-corrected chi connectivity index (χ4v) is 2.20. The van der Waals surface area contributed by atoms with Crippen molar-refractivity contribution < 1.29 is 9.45 Å². The van der Waals surface area contributed by atoms with E-state index in [4.69, 9.17) is 10.3 Å². The molecule has 1 fully saturated rings. The number of aromatic nitrogens is 2. The number of nitrogens with zero attached hydrogens (tertiary/aromatic N) is 3. The van der Waals surface area contributed by atoms with Gasteiger partial charge in [0.2, 0.25) is 0 Å². The van der Waals surface area contributed by atoms with E-state index >= 15 is 0 Å². The van der Waals surface area contributed by atoms with Crippen molar-refractivity contribution in [3.8, 4) is 11.5 Å². The molecule has 0 aliphatic heterocycles. The Morgan fingerprint density at radius 1 is 1.50 bits per heavy atom. The largest absolute Gasteiger partial charge is 0.334 e. The fraction of sp³-hybridized carbons (Fsp3) is 0.385. The molecule has 1 aliphatic carbocycles. The molecule has 0 bridgehead atoms. The number of nitro benzene ring substituents is 1. The number of nitrogens with two attached hydrogens (primary N) is 1. The summed E-state index contributed by atoms with van der Waals surface area (Å²) in [5.41, 5.74) is 7.13. The van der Waals surface area contributed by atoms with E-state index in [2.05, 4.69) is 10.1 Å². The molecule has 2 aromatic rings. The van der Waals surface area contributed by atoms with Crippen LogP contribution < -0.4 is 5.73 Å². The fourth-order valence-electron chi connectivity index (χ4n) is 2.20. The first-order chi connectivity index (χ1) is 9.58. The quantitative estimate of drug-likeness (QED) is 0.677. The van der Waals surface area contributed by atoms with Gasteiger partial charge in [-0.25, -0.2) is 0 Å². The van der Waals surface area contributed by atoms with Crippen molar-refractivity contribution in [2.75, 3.05) is 0 Å². The van der Waals surface area contributed by atoms with Gasteiger partial charge in [-0.15, -0.1) is 0 Å². The van der Waals surface area contributed by atoms with E-state index in [1.165, 1.54) is 6.07 Å². The Hall–Kier alpha value is -2.28. The third-order valence-electron chi connectivity index (χ3n) is 3.60. The van der Waals surface area contributed by atoms with Crippen LogP contribution in [0.1, 0.15) is 30.3 Å². The van der Waals surface area contributed by atoms with Crippen molar-refractivity contribution in [3.05, 3.63) is 39.7 Å². The number of hydrogen-bond donors (Lipinski definition) is 1. The van der Waals surface area contributed by atoms with Crippen LogP contribution in [0.25, 0.3) is 11.5 Å². The van der Waals surface area contributed by atoms with Crippen molar-refractivity contribution in [1.29, 1.82) is 0 Å². The van der Waals surface area contributed by atoms with Gasteiger partial charge in [-0.1, -0.05) is 11.2 Å². The van der Waals surface area contributed by atoms with Crippen molar-refractivity contribution in [2.45, 2.75) is 25.8 Å². The van der Waals surface area contributed by atoms with Gasteiger partial charge in [0.1, 0.15) is 0 Å². The molecule has 1 aromatic carbocycles. The molecule has 1 heterocycles. The Labute approximate surface area is 114 Å². The van der Waals surface area contributed by atoms with Crippen molar-refractivity contribution >= 4 is 5.69 Å². The van der Waals surface area contributed by atoms with Gasteiger partial charge in [-0.2, -0.15) is 4.98 Å². The summed E-state index contributed by atoms with van der Waals surface area (Å²) in [7, 11) is 0. The highest BCUT2D eigenvalue weighted by atomic mass is 16.6. The molecule has 104 valence electrons. The second-order valence-corrected chi connectivity index (χ2v) is 5.03. The van der Waals surface area contributed by atoms with Gasteiger partial charge < -0.3 is 10.3 Å². The first-order valence-electron chi connectivity index (χ1n) is 6.41. The van der Waals surface area contributed by atoms with Gasteiger partial charge in [0.25, 0.3) is 11.6 Å². The highest BCUT2D eigenvalue weighted by Gasteiger charge is 2.33. The SMILES string of the molecule is Cc1c(-c2nc(C(N)C3CC3)no2)cccc1[N+](=O)[O-]. The predicted molar refractivity (Wildman–Crippen MR) is 70.8 cm³/mol. The minimum atomic E-state index is -0.425. The lowest BCUT2D eigenvalue weighted by Crippen LogP contribution is -2.13. The summed E-state index contributed by atoms with van der Waals surface area (Å²) in [4.78, 5) is 14.8. The molecule has 2 N–H and O–H groups in total. The third kappa shape index (κ3) is 2.16. The molecule has 3 rings (SSSR count). The molecule has 0 amide bonds. The molecule has 1 aromatic heterocycles. The van der Waals surface area contributed by atoms with Crippen LogP contribution in [-0.4, -0.2) is 15.1 Å². The van der Waals surface area contributed by atoms with E-state index in [0.717, 1.165) is 12.8 Å². The zero-order chi connectivity index (χ0) is 14.3. The molecule has 7 heteroatoms. The summed E-state index contributed by atoms with van der Waals surface area (Å²) >= 11 is 0. The molecule has 1 aliphatic rings. The summed E-state index contributed by atoms with van der Waals surface area (Å²) in [6.07, 6.45) is 2.17. The van der Waals surface area contributed by atoms with Crippen LogP contribution in [-0.2, 0) is 0 Å². The third-order valence-corrected chi connectivity index (χ3v) is 3.60. The molecule has 1 atom stereocenters. The van der Waals surface area contributed by atoms with E-state index in [9.17, 15) is 10.1 Å². The molecule has 0 radical (unpaired) electrons. The van der Waals surface area contributed by atoms with Gasteiger partial charge in [-0.05, 0) is 31.7 Å². The van der Waals surface area contributed by atoms with E-state index < -0.39 is 4.92 Å². The van der Waals surface area contributed by atoms with Crippen LogP contribution in [0, 0.1) is 23.0 Å². The molecular weight excluding hydrogens is 260 g/mol. The van der Waals surface area contributed by atoms with E-state index in [1.807, 2.05) is 0 Å². The van der Waals surface area contributed by atoms with Crippen LogP contribution >= 0.6 is 0 Å².